The highest BCUT2D eigenvalue weighted by Gasteiger charge is 2.10. The second-order valence-corrected chi connectivity index (χ2v) is 4.69. The Hall–Kier alpha value is -0.850. The molecular formula is C14H34N4O2. The Morgan fingerprint density at radius 3 is 1.95 bits per heavy atom. The predicted molar refractivity (Wildman–Crippen MR) is 84.2 cm³/mol. The molecule has 0 aromatic carbocycles. The van der Waals surface area contributed by atoms with Crippen molar-refractivity contribution < 1.29 is 9.90 Å². The first-order valence-electron chi connectivity index (χ1n) is 7.24. The first kappa shape index (κ1) is 24.2. The van der Waals surface area contributed by atoms with Crippen LogP contribution in [0.2, 0.25) is 0 Å². The molecular weight excluding hydrogens is 256 g/mol. The van der Waals surface area contributed by atoms with Gasteiger partial charge in [0.2, 0.25) is 0 Å². The molecule has 0 spiro atoms. The second kappa shape index (κ2) is 20.5. The maximum absolute atomic E-state index is 9.89. The van der Waals surface area contributed by atoms with Gasteiger partial charge < -0.3 is 9.90 Å². The van der Waals surface area contributed by atoms with Gasteiger partial charge in [0.05, 0.1) is 0 Å². The normalized spacial score (nSPS) is 14.4. The summed E-state index contributed by atoms with van der Waals surface area (Å²) < 4.78 is 0. The number of aliphatic hydroxyl groups is 1. The maximum atomic E-state index is 9.89. The molecule has 0 aliphatic heterocycles. The van der Waals surface area contributed by atoms with Gasteiger partial charge in [-0.15, -0.1) is 0 Å². The molecule has 0 aliphatic carbocycles. The minimum atomic E-state index is -0.607. The lowest BCUT2D eigenvalue weighted by atomic mass is 10.1. The molecule has 0 aliphatic rings. The number of nitrogens with zero attached hydrogens (tertiary/aromatic N) is 2. The van der Waals surface area contributed by atoms with E-state index in [0.717, 1.165) is 32.0 Å². The number of hydrogen-bond acceptors (Lipinski definition) is 6. The van der Waals surface area contributed by atoms with Crippen LogP contribution in [0.1, 0.15) is 53.4 Å². The molecule has 0 aromatic rings. The van der Waals surface area contributed by atoms with E-state index >= 15 is 0 Å². The number of rotatable bonds is 7. The zero-order chi connectivity index (χ0) is 16.4. The zero-order valence-corrected chi connectivity index (χ0v) is 14.0. The fraction of sp³-hybridized carbons (Fsp3) is 0.929. The number of nitrogens with one attached hydrogen (secondary N) is 1. The summed E-state index contributed by atoms with van der Waals surface area (Å²) in [6.07, 6.45) is 4.62. The number of nitrogens with two attached hydrogens (primary N) is 1. The standard InChI is InChI=1S/C7H16N2O.C6H12O.CH6N2/c1-4-5-6(2)7(10)9-8-3;1-3-4-6(2)5-7;1-3-2/h6-7,10H,4-5H2,1-3H3;5-6H,3-4H2,1-2H3;3H,2H2,1H3. The van der Waals surface area contributed by atoms with Gasteiger partial charge in [-0.3, -0.25) is 11.3 Å². The van der Waals surface area contributed by atoms with Crippen LogP contribution in [-0.2, 0) is 4.79 Å². The first-order chi connectivity index (χ1) is 9.44. The van der Waals surface area contributed by atoms with Crippen LogP contribution < -0.4 is 11.3 Å². The average Bonchev–Trinajstić information content (AvgIpc) is 2.41. The molecule has 3 unspecified atom stereocenters. The van der Waals surface area contributed by atoms with Gasteiger partial charge in [-0.05, 0) is 19.9 Å². The second-order valence-electron chi connectivity index (χ2n) is 4.69. The monoisotopic (exact) mass is 290 g/mol. The predicted octanol–water partition coefficient (Wildman–Crippen LogP) is 2.52. The van der Waals surface area contributed by atoms with Crippen molar-refractivity contribution in [2.24, 2.45) is 27.9 Å². The Morgan fingerprint density at radius 1 is 1.25 bits per heavy atom. The van der Waals surface area contributed by atoms with Crippen molar-refractivity contribution in [1.82, 2.24) is 5.43 Å². The molecule has 0 bridgehead atoms. The van der Waals surface area contributed by atoms with Gasteiger partial charge in [-0.25, -0.2) is 0 Å². The van der Waals surface area contributed by atoms with Gasteiger partial charge in [0, 0.05) is 18.9 Å². The lowest BCUT2D eigenvalue weighted by Gasteiger charge is -2.11. The summed E-state index contributed by atoms with van der Waals surface area (Å²) in [6.45, 7) is 8.09. The van der Waals surface area contributed by atoms with Gasteiger partial charge in [0.1, 0.15) is 6.29 Å². The third-order valence-electron chi connectivity index (χ3n) is 2.46. The summed E-state index contributed by atoms with van der Waals surface area (Å²) in [5.74, 6) is 5.10. The van der Waals surface area contributed by atoms with Gasteiger partial charge in [0.25, 0.3) is 0 Å². The quantitative estimate of drug-likeness (QED) is 0.290. The van der Waals surface area contributed by atoms with Crippen molar-refractivity contribution in [2.45, 2.75) is 59.6 Å². The van der Waals surface area contributed by atoms with Crippen LogP contribution in [0.3, 0.4) is 0 Å². The molecule has 0 rings (SSSR count). The Morgan fingerprint density at radius 2 is 1.70 bits per heavy atom. The SMILES string of the molecule is CCCC(C)C(O)N=NC.CCCC(C)C=O.CNN. The first-order valence-corrected chi connectivity index (χ1v) is 7.24. The van der Waals surface area contributed by atoms with Crippen LogP contribution in [0.5, 0.6) is 0 Å². The third kappa shape index (κ3) is 22.3. The Bertz CT molecular complexity index is 213. The van der Waals surface area contributed by atoms with E-state index in [2.05, 4.69) is 35.3 Å². The summed E-state index contributed by atoms with van der Waals surface area (Å²) in [7, 11) is 3.22. The number of azo groups is 1. The largest absolute Gasteiger partial charge is 0.370 e. The minimum Gasteiger partial charge on any atom is -0.370 e. The van der Waals surface area contributed by atoms with Gasteiger partial charge in [-0.2, -0.15) is 10.2 Å². The molecule has 122 valence electrons. The van der Waals surface area contributed by atoms with E-state index < -0.39 is 6.23 Å². The van der Waals surface area contributed by atoms with E-state index in [9.17, 15) is 9.90 Å². The average molecular weight is 290 g/mol. The van der Waals surface area contributed by atoms with Crippen LogP contribution in [-0.4, -0.2) is 31.7 Å². The summed E-state index contributed by atoms with van der Waals surface area (Å²) in [5.41, 5.74) is 2.25. The van der Waals surface area contributed by atoms with Crippen LogP contribution in [0.25, 0.3) is 0 Å². The van der Waals surface area contributed by atoms with Crippen molar-refractivity contribution in [3.8, 4) is 0 Å². The van der Waals surface area contributed by atoms with Gasteiger partial charge >= 0.3 is 0 Å². The van der Waals surface area contributed by atoms with Gasteiger partial charge in [0.15, 0.2) is 6.23 Å². The molecule has 6 nitrogen and oxygen atoms in total. The van der Waals surface area contributed by atoms with E-state index in [4.69, 9.17) is 0 Å². The molecule has 0 saturated heterocycles. The van der Waals surface area contributed by atoms with E-state index in [1.54, 1.807) is 14.1 Å². The van der Waals surface area contributed by atoms with Crippen LogP contribution in [0.15, 0.2) is 10.2 Å². The summed E-state index contributed by atoms with van der Waals surface area (Å²) in [6, 6.07) is 0. The molecule has 0 saturated carbocycles. The highest BCUT2D eigenvalue weighted by atomic mass is 16.3. The van der Waals surface area contributed by atoms with Crippen molar-refractivity contribution in [3.63, 3.8) is 0 Å². The molecule has 6 heteroatoms. The van der Waals surface area contributed by atoms with E-state index in [0.29, 0.717) is 0 Å². The Kier molecular flexibility index (Phi) is 24.8. The van der Waals surface area contributed by atoms with Gasteiger partial charge in [-0.1, -0.05) is 40.5 Å². The van der Waals surface area contributed by atoms with E-state index in [-0.39, 0.29) is 11.8 Å². The fourth-order valence-electron chi connectivity index (χ4n) is 1.36. The fourth-order valence-corrected chi connectivity index (χ4v) is 1.36. The smallest absolute Gasteiger partial charge is 0.168 e. The molecule has 3 atom stereocenters. The molecule has 0 radical (unpaired) electrons. The van der Waals surface area contributed by atoms with Crippen molar-refractivity contribution in [1.29, 1.82) is 0 Å². The molecule has 20 heavy (non-hydrogen) atoms. The lowest BCUT2D eigenvalue weighted by molar-refractivity contribution is -0.110. The highest BCUT2D eigenvalue weighted by Crippen LogP contribution is 2.11. The number of aldehydes is 1. The number of carbonyl (C=O) groups excluding carboxylic acids is 1. The molecule has 0 amide bonds. The highest BCUT2D eigenvalue weighted by molar-refractivity contribution is 5.52. The number of aliphatic hydroxyl groups excluding tert-OH is 1. The van der Waals surface area contributed by atoms with Crippen molar-refractivity contribution in [3.05, 3.63) is 0 Å². The van der Waals surface area contributed by atoms with Crippen LogP contribution >= 0.6 is 0 Å². The minimum absolute atomic E-state index is 0.230. The Labute approximate surface area is 124 Å². The molecule has 0 fully saturated rings. The van der Waals surface area contributed by atoms with E-state index in [1.807, 2.05) is 13.8 Å². The van der Waals surface area contributed by atoms with Crippen molar-refractivity contribution >= 4 is 6.29 Å². The number of hydrazine groups is 1. The zero-order valence-electron chi connectivity index (χ0n) is 14.0. The Balaban J connectivity index is -0.000000251. The molecule has 0 heterocycles. The van der Waals surface area contributed by atoms with E-state index in [1.165, 1.54) is 0 Å². The molecule has 0 aromatic heterocycles. The summed E-state index contributed by atoms with van der Waals surface area (Å²) >= 11 is 0. The third-order valence-corrected chi connectivity index (χ3v) is 2.46. The number of carbonyl (C=O) groups is 1. The summed E-state index contributed by atoms with van der Waals surface area (Å²) in [4.78, 5) is 9.89. The lowest BCUT2D eigenvalue weighted by Crippen LogP contribution is -2.13. The molecule has 4 N–H and O–H groups in total. The number of hydrogen-bond donors (Lipinski definition) is 3. The topological polar surface area (TPSA) is 100 Å². The summed E-state index contributed by atoms with van der Waals surface area (Å²) in [5, 5.41) is 16.3. The maximum Gasteiger partial charge on any atom is 0.168 e. The van der Waals surface area contributed by atoms with Crippen LogP contribution in [0.4, 0.5) is 0 Å². The van der Waals surface area contributed by atoms with Crippen molar-refractivity contribution in [2.75, 3.05) is 14.1 Å². The van der Waals surface area contributed by atoms with Crippen LogP contribution in [0, 0.1) is 11.8 Å².